The zero-order valence-corrected chi connectivity index (χ0v) is 11.0. The van der Waals surface area contributed by atoms with Crippen molar-refractivity contribution in [3.8, 4) is 6.07 Å². The second kappa shape index (κ2) is 5.41. The molecule has 0 radical (unpaired) electrons. The third-order valence-corrected chi connectivity index (χ3v) is 4.97. The van der Waals surface area contributed by atoms with Crippen molar-refractivity contribution in [3.63, 3.8) is 0 Å². The monoisotopic (exact) mass is 258 g/mol. The third kappa shape index (κ3) is 3.29. The summed E-state index contributed by atoms with van der Waals surface area (Å²) in [6.45, 7) is 3.73. The predicted molar refractivity (Wildman–Crippen MR) is 64.0 cm³/mol. The van der Waals surface area contributed by atoms with Crippen LogP contribution in [0.5, 0.6) is 0 Å². The highest BCUT2D eigenvalue weighted by Crippen LogP contribution is 2.20. The standard InChI is InChI=1S/C10H14N2O2S2/c1-3-5-16(13,14)7-10-12-8(4-2)9(6-11)15-10/h3-5,7H2,1-2H3. The average molecular weight is 258 g/mol. The summed E-state index contributed by atoms with van der Waals surface area (Å²) >= 11 is 1.19. The van der Waals surface area contributed by atoms with E-state index in [0.29, 0.717) is 28.4 Å². The summed E-state index contributed by atoms with van der Waals surface area (Å²) in [6.07, 6.45) is 1.27. The van der Waals surface area contributed by atoms with Gasteiger partial charge in [0, 0.05) is 0 Å². The SMILES string of the molecule is CCCS(=O)(=O)Cc1nc(CC)c(C#N)s1. The fourth-order valence-corrected chi connectivity index (χ4v) is 4.09. The van der Waals surface area contributed by atoms with Crippen molar-refractivity contribution in [1.29, 1.82) is 5.26 Å². The fraction of sp³-hybridized carbons (Fsp3) is 0.600. The van der Waals surface area contributed by atoms with Gasteiger partial charge in [0.15, 0.2) is 9.84 Å². The summed E-state index contributed by atoms with van der Waals surface area (Å²) < 4.78 is 23.2. The van der Waals surface area contributed by atoms with E-state index in [-0.39, 0.29) is 11.5 Å². The van der Waals surface area contributed by atoms with E-state index in [1.54, 1.807) is 0 Å². The number of sulfone groups is 1. The molecule has 0 unspecified atom stereocenters. The maximum absolute atomic E-state index is 11.6. The molecule has 0 spiro atoms. The lowest BCUT2D eigenvalue weighted by Crippen LogP contribution is -2.08. The lowest BCUT2D eigenvalue weighted by Gasteiger charge is -1.98. The molecule has 0 N–H and O–H groups in total. The molecule has 4 nitrogen and oxygen atoms in total. The Kier molecular flexibility index (Phi) is 4.44. The van der Waals surface area contributed by atoms with Crippen molar-refractivity contribution in [2.45, 2.75) is 32.4 Å². The minimum absolute atomic E-state index is 0.0415. The van der Waals surface area contributed by atoms with Crippen molar-refractivity contribution >= 4 is 21.2 Å². The molecule has 1 rings (SSSR count). The molecule has 0 saturated heterocycles. The Morgan fingerprint density at radius 2 is 2.12 bits per heavy atom. The Balaban J connectivity index is 2.91. The van der Waals surface area contributed by atoms with E-state index >= 15 is 0 Å². The van der Waals surface area contributed by atoms with E-state index in [0.717, 1.165) is 0 Å². The first kappa shape index (κ1) is 13.1. The van der Waals surface area contributed by atoms with Crippen LogP contribution in [0.25, 0.3) is 0 Å². The number of hydrogen-bond acceptors (Lipinski definition) is 5. The minimum atomic E-state index is -3.07. The number of hydrogen-bond donors (Lipinski definition) is 0. The minimum Gasteiger partial charge on any atom is -0.244 e. The van der Waals surface area contributed by atoms with Crippen LogP contribution in [0.2, 0.25) is 0 Å². The smallest absolute Gasteiger partial charge is 0.156 e. The fourth-order valence-electron chi connectivity index (χ4n) is 1.36. The van der Waals surface area contributed by atoms with Gasteiger partial charge in [-0.05, 0) is 12.8 Å². The van der Waals surface area contributed by atoms with Gasteiger partial charge in [-0.25, -0.2) is 13.4 Å². The number of aromatic nitrogens is 1. The van der Waals surface area contributed by atoms with E-state index < -0.39 is 9.84 Å². The molecule has 0 aliphatic carbocycles. The van der Waals surface area contributed by atoms with Gasteiger partial charge in [-0.2, -0.15) is 5.26 Å². The third-order valence-electron chi connectivity index (χ3n) is 2.04. The molecule has 0 bridgehead atoms. The molecule has 0 atom stereocenters. The molecule has 0 aliphatic heterocycles. The molecule has 0 aromatic carbocycles. The summed E-state index contributed by atoms with van der Waals surface area (Å²) in [7, 11) is -3.07. The van der Waals surface area contributed by atoms with Crippen LogP contribution in [0.3, 0.4) is 0 Å². The second-order valence-electron chi connectivity index (χ2n) is 3.44. The molecule has 0 aliphatic rings. The second-order valence-corrected chi connectivity index (χ2v) is 6.71. The van der Waals surface area contributed by atoms with Crippen LogP contribution >= 0.6 is 11.3 Å². The van der Waals surface area contributed by atoms with Crippen LogP contribution in [0, 0.1) is 11.3 Å². The zero-order chi connectivity index (χ0) is 12.2. The Hall–Kier alpha value is -0.930. The quantitative estimate of drug-likeness (QED) is 0.808. The van der Waals surface area contributed by atoms with E-state index in [1.807, 2.05) is 19.9 Å². The lowest BCUT2D eigenvalue weighted by molar-refractivity contribution is 0.593. The van der Waals surface area contributed by atoms with Gasteiger partial charge in [-0.15, -0.1) is 11.3 Å². The first-order valence-electron chi connectivity index (χ1n) is 5.11. The topological polar surface area (TPSA) is 70.8 Å². The molecular formula is C10H14N2O2S2. The van der Waals surface area contributed by atoms with Gasteiger partial charge in [-0.3, -0.25) is 0 Å². The van der Waals surface area contributed by atoms with Crippen molar-refractivity contribution < 1.29 is 8.42 Å². The normalized spacial score (nSPS) is 11.3. The summed E-state index contributed by atoms with van der Waals surface area (Å²) in [5.74, 6) is 0.135. The molecule has 6 heteroatoms. The van der Waals surface area contributed by atoms with Crippen LogP contribution in [0.1, 0.15) is 35.8 Å². The number of aryl methyl sites for hydroxylation is 1. The summed E-state index contributed by atoms with van der Waals surface area (Å²) in [4.78, 5) is 4.72. The molecular weight excluding hydrogens is 244 g/mol. The molecule has 0 saturated carbocycles. The molecule has 1 aromatic heterocycles. The van der Waals surface area contributed by atoms with Gasteiger partial charge < -0.3 is 0 Å². The van der Waals surface area contributed by atoms with Crippen LogP contribution in [0.4, 0.5) is 0 Å². The van der Waals surface area contributed by atoms with Crippen molar-refractivity contribution in [3.05, 3.63) is 15.6 Å². The summed E-state index contributed by atoms with van der Waals surface area (Å²) in [5, 5.41) is 9.37. The van der Waals surface area contributed by atoms with E-state index in [2.05, 4.69) is 4.98 Å². The highest BCUT2D eigenvalue weighted by atomic mass is 32.2. The van der Waals surface area contributed by atoms with E-state index in [4.69, 9.17) is 5.26 Å². The van der Waals surface area contributed by atoms with Gasteiger partial charge in [0.2, 0.25) is 0 Å². The predicted octanol–water partition coefficient (Wildman–Crippen LogP) is 1.90. The lowest BCUT2D eigenvalue weighted by atomic mass is 10.3. The first-order chi connectivity index (χ1) is 7.52. The van der Waals surface area contributed by atoms with Crippen LogP contribution in [-0.4, -0.2) is 19.2 Å². The van der Waals surface area contributed by atoms with Crippen molar-refractivity contribution in [2.75, 3.05) is 5.75 Å². The van der Waals surface area contributed by atoms with Crippen LogP contribution < -0.4 is 0 Å². The van der Waals surface area contributed by atoms with Crippen LogP contribution in [-0.2, 0) is 22.0 Å². The Labute approximate surface area is 99.9 Å². The van der Waals surface area contributed by atoms with E-state index in [9.17, 15) is 8.42 Å². The molecule has 0 amide bonds. The Morgan fingerprint density at radius 1 is 1.44 bits per heavy atom. The molecule has 88 valence electrons. The highest BCUT2D eigenvalue weighted by molar-refractivity contribution is 7.90. The maximum Gasteiger partial charge on any atom is 0.156 e. The molecule has 16 heavy (non-hydrogen) atoms. The zero-order valence-electron chi connectivity index (χ0n) is 9.36. The van der Waals surface area contributed by atoms with Gasteiger partial charge in [0.25, 0.3) is 0 Å². The maximum atomic E-state index is 11.6. The first-order valence-corrected chi connectivity index (χ1v) is 7.75. The molecule has 1 aromatic rings. The largest absolute Gasteiger partial charge is 0.244 e. The van der Waals surface area contributed by atoms with Gasteiger partial charge in [0.1, 0.15) is 21.7 Å². The summed E-state index contributed by atoms with van der Waals surface area (Å²) in [6, 6.07) is 2.05. The van der Waals surface area contributed by atoms with Crippen molar-refractivity contribution in [1.82, 2.24) is 4.98 Å². The number of rotatable bonds is 5. The van der Waals surface area contributed by atoms with Gasteiger partial charge in [0.05, 0.1) is 11.4 Å². The highest BCUT2D eigenvalue weighted by Gasteiger charge is 2.16. The number of nitriles is 1. The van der Waals surface area contributed by atoms with Gasteiger partial charge >= 0.3 is 0 Å². The van der Waals surface area contributed by atoms with Crippen molar-refractivity contribution in [2.24, 2.45) is 0 Å². The Morgan fingerprint density at radius 3 is 2.56 bits per heavy atom. The van der Waals surface area contributed by atoms with Gasteiger partial charge in [-0.1, -0.05) is 13.8 Å². The number of thiazole rings is 1. The molecule has 1 heterocycles. The molecule has 0 fully saturated rings. The van der Waals surface area contributed by atoms with Crippen LogP contribution in [0.15, 0.2) is 0 Å². The average Bonchev–Trinajstić information content (AvgIpc) is 2.59. The van der Waals surface area contributed by atoms with E-state index in [1.165, 1.54) is 11.3 Å². The number of nitrogens with zero attached hydrogens (tertiary/aromatic N) is 2. The Bertz CT molecular complexity index is 497. The summed E-state index contributed by atoms with van der Waals surface area (Å²) in [5.41, 5.74) is 0.703.